The highest BCUT2D eigenvalue weighted by atomic mass is 16.1. The van der Waals surface area contributed by atoms with Gasteiger partial charge in [0.05, 0.1) is 0 Å². The van der Waals surface area contributed by atoms with Gasteiger partial charge in [0.15, 0.2) is 0 Å². The summed E-state index contributed by atoms with van der Waals surface area (Å²) in [6.07, 6.45) is 1.62. The molecule has 0 fully saturated rings. The molecule has 1 amide bonds. The zero-order chi connectivity index (χ0) is 16.7. The van der Waals surface area contributed by atoms with E-state index in [-0.39, 0.29) is 5.91 Å². The molecule has 5 nitrogen and oxygen atoms in total. The molecule has 23 heavy (non-hydrogen) atoms. The molecule has 0 atom stereocenters. The summed E-state index contributed by atoms with van der Waals surface area (Å²) in [5.74, 6) is 0.110. The van der Waals surface area contributed by atoms with Crippen LogP contribution in [0.15, 0.2) is 18.2 Å². The molecule has 1 aromatic rings. The largest absolute Gasteiger partial charge is 0.384 e. The average molecular weight is 318 g/mol. The van der Waals surface area contributed by atoms with Crippen LogP contribution >= 0.6 is 0 Å². The molecule has 1 heterocycles. The Bertz CT molecular complexity index is 516. The van der Waals surface area contributed by atoms with E-state index in [2.05, 4.69) is 45.6 Å². The molecule has 0 aliphatic carbocycles. The van der Waals surface area contributed by atoms with Crippen molar-refractivity contribution in [1.29, 1.82) is 0 Å². The van der Waals surface area contributed by atoms with Crippen LogP contribution in [0.5, 0.6) is 0 Å². The van der Waals surface area contributed by atoms with Crippen molar-refractivity contribution >= 4 is 11.6 Å². The molecule has 1 aliphatic heterocycles. The standard InChI is InChI=1S/C18H30N4O/c1-4-22-12-9-15-6-5-7-17(16(15)14-22)19-10-8-18(23)20-11-13-21(2)3/h5-7,19H,4,8-14H2,1-3H3,(H,20,23). The third kappa shape index (κ3) is 5.52. The van der Waals surface area contributed by atoms with Gasteiger partial charge in [-0.3, -0.25) is 9.69 Å². The summed E-state index contributed by atoms with van der Waals surface area (Å²) in [6, 6.07) is 6.46. The van der Waals surface area contributed by atoms with E-state index in [1.807, 2.05) is 14.1 Å². The number of rotatable bonds is 8. The molecule has 1 aromatic carbocycles. The Morgan fingerprint density at radius 3 is 2.87 bits per heavy atom. The maximum absolute atomic E-state index is 11.8. The van der Waals surface area contributed by atoms with Crippen LogP contribution in [0.25, 0.3) is 0 Å². The Morgan fingerprint density at radius 2 is 2.13 bits per heavy atom. The first-order valence-corrected chi connectivity index (χ1v) is 8.58. The lowest BCUT2D eigenvalue weighted by molar-refractivity contribution is -0.120. The minimum atomic E-state index is 0.110. The van der Waals surface area contributed by atoms with Gasteiger partial charge in [0.2, 0.25) is 5.91 Å². The van der Waals surface area contributed by atoms with E-state index in [0.717, 1.165) is 32.6 Å². The molecule has 0 aromatic heterocycles. The number of anilines is 1. The fourth-order valence-corrected chi connectivity index (χ4v) is 2.89. The van der Waals surface area contributed by atoms with Crippen molar-refractivity contribution in [2.24, 2.45) is 0 Å². The Hall–Kier alpha value is -1.59. The van der Waals surface area contributed by atoms with Crippen LogP contribution in [0.4, 0.5) is 5.69 Å². The molecule has 2 rings (SSSR count). The van der Waals surface area contributed by atoms with Gasteiger partial charge in [0, 0.05) is 44.8 Å². The molecule has 0 radical (unpaired) electrons. The van der Waals surface area contributed by atoms with Gasteiger partial charge in [-0.05, 0) is 44.3 Å². The molecule has 0 bridgehead atoms. The van der Waals surface area contributed by atoms with Crippen molar-refractivity contribution < 1.29 is 4.79 Å². The van der Waals surface area contributed by atoms with E-state index in [0.29, 0.717) is 19.5 Å². The fraction of sp³-hybridized carbons (Fsp3) is 0.611. The number of hydrogen-bond donors (Lipinski definition) is 2. The number of likely N-dealkylation sites (N-methyl/N-ethyl adjacent to an activating group) is 2. The summed E-state index contributed by atoms with van der Waals surface area (Å²) in [6.45, 7) is 7.69. The summed E-state index contributed by atoms with van der Waals surface area (Å²) in [4.78, 5) is 16.3. The molecule has 0 saturated carbocycles. The highest BCUT2D eigenvalue weighted by molar-refractivity contribution is 5.76. The molecule has 2 N–H and O–H groups in total. The normalized spacial score (nSPS) is 14.6. The van der Waals surface area contributed by atoms with Gasteiger partial charge in [0.25, 0.3) is 0 Å². The van der Waals surface area contributed by atoms with Gasteiger partial charge >= 0.3 is 0 Å². The van der Waals surface area contributed by atoms with Crippen molar-refractivity contribution in [3.8, 4) is 0 Å². The maximum atomic E-state index is 11.8. The lowest BCUT2D eigenvalue weighted by Crippen LogP contribution is -2.32. The second-order valence-corrected chi connectivity index (χ2v) is 6.39. The number of hydrogen-bond acceptors (Lipinski definition) is 4. The van der Waals surface area contributed by atoms with Gasteiger partial charge in [-0.1, -0.05) is 19.1 Å². The topological polar surface area (TPSA) is 47.6 Å². The predicted molar refractivity (Wildman–Crippen MR) is 95.8 cm³/mol. The van der Waals surface area contributed by atoms with Gasteiger partial charge < -0.3 is 15.5 Å². The summed E-state index contributed by atoms with van der Waals surface area (Å²) >= 11 is 0. The number of nitrogens with one attached hydrogen (secondary N) is 2. The quantitative estimate of drug-likeness (QED) is 0.763. The van der Waals surface area contributed by atoms with Crippen LogP contribution in [0.2, 0.25) is 0 Å². The highest BCUT2D eigenvalue weighted by Gasteiger charge is 2.17. The van der Waals surface area contributed by atoms with Crippen LogP contribution in [0.1, 0.15) is 24.5 Å². The first-order chi connectivity index (χ1) is 11.1. The van der Waals surface area contributed by atoms with Crippen molar-refractivity contribution in [3.05, 3.63) is 29.3 Å². The smallest absolute Gasteiger partial charge is 0.221 e. The van der Waals surface area contributed by atoms with E-state index >= 15 is 0 Å². The molecule has 0 spiro atoms. The predicted octanol–water partition coefficient (Wildman–Crippen LogP) is 1.54. The summed E-state index contributed by atoms with van der Waals surface area (Å²) in [5.41, 5.74) is 4.02. The number of benzene rings is 1. The first-order valence-electron chi connectivity index (χ1n) is 8.58. The second-order valence-electron chi connectivity index (χ2n) is 6.39. The van der Waals surface area contributed by atoms with Gasteiger partial charge in [-0.15, -0.1) is 0 Å². The fourth-order valence-electron chi connectivity index (χ4n) is 2.89. The Balaban J connectivity index is 1.81. The molecule has 0 unspecified atom stereocenters. The van der Waals surface area contributed by atoms with Crippen LogP contribution < -0.4 is 10.6 Å². The van der Waals surface area contributed by atoms with Crippen LogP contribution in [0.3, 0.4) is 0 Å². The minimum Gasteiger partial charge on any atom is -0.384 e. The van der Waals surface area contributed by atoms with Crippen LogP contribution in [-0.4, -0.2) is 62.5 Å². The van der Waals surface area contributed by atoms with Gasteiger partial charge in [0.1, 0.15) is 0 Å². The van der Waals surface area contributed by atoms with Gasteiger partial charge in [-0.25, -0.2) is 0 Å². The highest BCUT2D eigenvalue weighted by Crippen LogP contribution is 2.26. The summed E-state index contributed by atoms with van der Waals surface area (Å²) < 4.78 is 0. The van der Waals surface area contributed by atoms with Crippen LogP contribution in [-0.2, 0) is 17.8 Å². The zero-order valence-electron chi connectivity index (χ0n) is 14.7. The van der Waals surface area contributed by atoms with E-state index in [1.165, 1.54) is 16.8 Å². The number of carbonyl (C=O) groups is 1. The molecule has 0 saturated heterocycles. The third-order valence-electron chi connectivity index (χ3n) is 4.35. The van der Waals surface area contributed by atoms with E-state index in [9.17, 15) is 4.79 Å². The average Bonchev–Trinajstić information content (AvgIpc) is 2.54. The Kier molecular flexibility index (Phi) is 6.86. The number of fused-ring (bicyclic) bond motifs is 1. The summed E-state index contributed by atoms with van der Waals surface area (Å²) in [5, 5.41) is 6.40. The number of amides is 1. The number of carbonyl (C=O) groups excluding carboxylic acids is 1. The lowest BCUT2D eigenvalue weighted by atomic mass is 9.98. The van der Waals surface area contributed by atoms with Crippen molar-refractivity contribution in [2.45, 2.75) is 26.3 Å². The SMILES string of the molecule is CCN1CCc2cccc(NCCC(=O)NCCN(C)C)c2C1. The minimum absolute atomic E-state index is 0.110. The van der Waals surface area contributed by atoms with Crippen LogP contribution in [0, 0.1) is 0 Å². The van der Waals surface area contributed by atoms with E-state index in [1.54, 1.807) is 0 Å². The summed E-state index contributed by atoms with van der Waals surface area (Å²) in [7, 11) is 4.01. The van der Waals surface area contributed by atoms with E-state index in [4.69, 9.17) is 0 Å². The molecular weight excluding hydrogens is 288 g/mol. The zero-order valence-corrected chi connectivity index (χ0v) is 14.7. The first kappa shape index (κ1) is 17.8. The monoisotopic (exact) mass is 318 g/mol. The number of nitrogens with zero attached hydrogens (tertiary/aromatic N) is 2. The Labute approximate surface area is 140 Å². The third-order valence-corrected chi connectivity index (χ3v) is 4.35. The van der Waals surface area contributed by atoms with Crippen molar-refractivity contribution in [3.63, 3.8) is 0 Å². The molecule has 128 valence electrons. The second kappa shape index (κ2) is 8.89. The molecule has 1 aliphatic rings. The Morgan fingerprint density at radius 1 is 1.30 bits per heavy atom. The lowest BCUT2D eigenvalue weighted by Gasteiger charge is -2.29. The van der Waals surface area contributed by atoms with Gasteiger partial charge in [-0.2, -0.15) is 0 Å². The maximum Gasteiger partial charge on any atom is 0.221 e. The van der Waals surface area contributed by atoms with Crippen molar-refractivity contribution in [1.82, 2.24) is 15.1 Å². The van der Waals surface area contributed by atoms with Crippen molar-refractivity contribution in [2.75, 3.05) is 52.1 Å². The van der Waals surface area contributed by atoms with E-state index < -0.39 is 0 Å². The molecular formula is C18H30N4O. The molecule has 5 heteroatoms.